The maximum absolute atomic E-state index is 13.4. The van der Waals surface area contributed by atoms with Crippen LogP contribution < -0.4 is 10.6 Å². The SMILES string of the molecule is CSCCC(C(=N)C(=O)c1cc(NCC2CC(S)CN2)ccc1Cc1ccccc1)C(=O)O. The average Bonchev–Trinajstić information content (AvgIpc) is 3.23. The molecule has 1 saturated heterocycles. The van der Waals surface area contributed by atoms with Crippen molar-refractivity contribution in [3.05, 3.63) is 65.2 Å². The third kappa shape index (κ3) is 7.09. The maximum Gasteiger partial charge on any atom is 0.312 e. The molecular weight excluding hydrogens is 454 g/mol. The highest BCUT2D eigenvalue weighted by Crippen LogP contribution is 2.23. The van der Waals surface area contributed by atoms with Gasteiger partial charge in [0.25, 0.3) is 0 Å². The molecule has 3 rings (SSSR count). The molecule has 1 fully saturated rings. The van der Waals surface area contributed by atoms with Gasteiger partial charge in [-0.1, -0.05) is 36.4 Å². The quantitative estimate of drug-likeness (QED) is 0.177. The van der Waals surface area contributed by atoms with E-state index in [2.05, 4.69) is 23.3 Å². The summed E-state index contributed by atoms with van der Waals surface area (Å²) in [5.74, 6) is -2.19. The van der Waals surface area contributed by atoms with Crippen LogP contribution in [-0.2, 0) is 11.2 Å². The summed E-state index contributed by atoms with van der Waals surface area (Å²) in [5, 5.41) is 25.2. The van der Waals surface area contributed by atoms with Gasteiger partial charge < -0.3 is 21.1 Å². The van der Waals surface area contributed by atoms with Crippen LogP contribution in [0.3, 0.4) is 0 Å². The zero-order valence-corrected chi connectivity index (χ0v) is 20.4. The molecule has 1 aliphatic rings. The highest BCUT2D eigenvalue weighted by Gasteiger charge is 2.29. The molecule has 0 radical (unpaired) electrons. The van der Waals surface area contributed by atoms with Gasteiger partial charge >= 0.3 is 5.97 Å². The molecule has 0 saturated carbocycles. The first-order chi connectivity index (χ1) is 15.9. The Hall–Kier alpha value is -2.29. The molecule has 0 aromatic heterocycles. The molecule has 0 bridgehead atoms. The molecule has 8 heteroatoms. The third-order valence-electron chi connectivity index (χ3n) is 5.85. The largest absolute Gasteiger partial charge is 0.481 e. The average molecular weight is 486 g/mol. The lowest BCUT2D eigenvalue weighted by Crippen LogP contribution is -2.31. The highest BCUT2D eigenvalue weighted by atomic mass is 32.2. The van der Waals surface area contributed by atoms with Gasteiger partial charge in [0.15, 0.2) is 0 Å². The van der Waals surface area contributed by atoms with E-state index >= 15 is 0 Å². The number of carboxylic acid groups (broad SMARTS) is 1. The Morgan fingerprint density at radius 2 is 2.03 bits per heavy atom. The van der Waals surface area contributed by atoms with Crippen LogP contribution in [0.1, 0.15) is 34.3 Å². The molecule has 33 heavy (non-hydrogen) atoms. The minimum absolute atomic E-state index is 0.255. The van der Waals surface area contributed by atoms with E-state index in [1.165, 1.54) is 11.8 Å². The number of aliphatic carboxylic acids is 1. The van der Waals surface area contributed by atoms with Crippen molar-refractivity contribution in [2.75, 3.05) is 30.4 Å². The summed E-state index contributed by atoms with van der Waals surface area (Å²) < 4.78 is 0. The lowest BCUT2D eigenvalue weighted by molar-refractivity contribution is -0.139. The van der Waals surface area contributed by atoms with Crippen molar-refractivity contribution in [1.82, 2.24) is 5.32 Å². The molecular formula is C25H31N3O3S2. The van der Waals surface area contributed by atoms with Crippen LogP contribution in [-0.4, -0.2) is 59.0 Å². The number of ketones is 1. The van der Waals surface area contributed by atoms with E-state index < -0.39 is 17.7 Å². The fourth-order valence-corrected chi connectivity index (χ4v) is 4.82. The monoisotopic (exact) mass is 485 g/mol. The molecule has 176 valence electrons. The van der Waals surface area contributed by atoms with Crippen molar-refractivity contribution >= 4 is 47.5 Å². The zero-order chi connectivity index (χ0) is 23.8. The molecule has 0 amide bonds. The standard InChI is InChI=1S/C25H31N3O3S2/c1-33-10-9-21(25(30)31)23(26)24(29)22-13-18(27-14-19-12-20(32)15-28-19)8-7-17(22)11-16-5-3-2-4-6-16/h2-8,13,19-21,26-28,32H,9-12,14-15H2,1H3,(H,30,31). The first kappa shape index (κ1) is 25.3. The fraction of sp³-hybridized carbons (Fsp3) is 0.400. The number of nitrogens with one attached hydrogen (secondary N) is 3. The molecule has 1 aliphatic heterocycles. The van der Waals surface area contributed by atoms with Gasteiger partial charge in [0.2, 0.25) is 5.78 Å². The van der Waals surface area contributed by atoms with E-state index in [0.717, 1.165) is 29.8 Å². The molecule has 3 unspecified atom stereocenters. The molecule has 4 N–H and O–H groups in total. The Morgan fingerprint density at radius 1 is 1.27 bits per heavy atom. The van der Waals surface area contributed by atoms with Gasteiger partial charge in [-0.3, -0.25) is 9.59 Å². The molecule has 2 aromatic rings. The van der Waals surface area contributed by atoms with Gasteiger partial charge in [0, 0.05) is 35.6 Å². The van der Waals surface area contributed by atoms with Crippen molar-refractivity contribution in [3.63, 3.8) is 0 Å². The highest BCUT2D eigenvalue weighted by molar-refractivity contribution is 7.98. The predicted molar refractivity (Wildman–Crippen MR) is 140 cm³/mol. The van der Waals surface area contributed by atoms with E-state index in [4.69, 9.17) is 5.41 Å². The minimum atomic E-state index is -1.13. The number of carboxylic acids is 1. The lowest BCUT2D eigenvalue weighted by atomic mass is 9.89. The summed E-state index contributed by atoms with van der Waals surface area (Å²) in [5.41, 5.74) is 2.63. The topological polar surface area (TPSA) is 102 Å². The predicted octanol–water partition coefficient (Wildman–Crippen LogP) is 4.01. The summed E-state index contributed by atoms with van der Waals surface area (Å²) >= 11 is 6.02. The summed E-state index contributed by atoms with van der Waals surface area (Å²) in [4.78, 5) is 25.1. The minimum Gasteiger partial charge on any atom is -0.481 e. The number of benzene rings is 2. The second-order valence-corrected chi connectivity index (χ2v) is 10.0. The Kier molecular flexibility index (Phi) is 9.41. The van der Waals surface area contributed by atoms with Crippen LogP contribution in [0.4, 0.5) is 5.69 Å². The Balaban J connectivity index is 1.86. The van der Waals surface area contributed by atoms with Crippen LogP contribution in [0.15, 0.2) is 48.5 Å². The van der Waals surface area contributed by atoms with Crippen LogP contribution in [0.25, 0.3) is 0 Å². The Morgan fingerprint density at radius 3 is 2.67 bits per heavy atom. The molecule has 6 nitrogen and oxygen atoms in total. The van der Waals surface area contributed by atoms with Crippen molar-refractivity contribution in [3.8, 4) is 0 Å². The van der Waals surface area contributed by atoms with Gasteiger partial charge in [0.1, 0.15) is 5.92 Å². The zero-order valence-electron chi connectivity index (χ0n) is 18.7. The number of carbonyl (C=O) groups is 2. The van der Waals surface area contributed by atoms with Crippen molar-refractivity contribution < 1.29 is 14.7 Å². The number of rotatable bonds is 12. The molecule has 1 heterocycles. The number of thioether (sulfide) groups is 1. The summed E-state index contributed by atoms with van der Waals surface area (Å²) in [6.45, 7) is 1.57. The van der Waals surface area contributed by atoms with Crippen LogP contribution in [0.2, 0.25) is 0 Å². The number of hydrogen-bond acceptors (Lipinski definition) is 7. The summed E-state index contributed by atoms with van der Waals surface area (Å²) in [7, 11) is 0. The lowest BCUT2D eigenvalue weighted by Gasteiger charge is -2.17. The normalized spacial score (nSPS) is 18.6. The van der Waals surface area contributed by atoms with Gasteiger partial charge in [-0.2, -0.15) is 24.4 Å². The van der Waals surface area contributed by atoms with Crippen LogP contribution in [0.5, 0.6) is 0 Å². The van der Waals surface area contributed by atoms with E-state index in [9.17, 15) is 14.7 Å². The van der Waals surface area contributed by atoms with E-state index in [-0.39, 0.29) is 12.1 Å². The van der Waals surface area contributed by atoms with E-state index in [1.807, 2.05) is 48.7 Å². The maximum atomic E-state index is 13.4. The number of Topliss-reactive ketones (excluding diaryl/α,β-unsaturated/α-hetero) is 1. The molecule has 3 atom stereocenters. The van der Waals surface area contributed by atoms with Gasteiger partial charge in [-0.05, 0) is 54.5 Å². The Bertz CT molecular complexity index is 984. The van der Waals surface area contributed by atoms with Gasteiger partial charge in [0.05, 0.1) is 5.71 Å². The Labute approximate surface area is 204 Å². The van der Waals surface area contributed by atoms with Gasteiger partial charge in [-0.25, -0.2) is 0 Å². The fourth-order valence-electron chi connectivity index (χ4n) is 3.99. The first-order valence-corrected chi connectivity index (χ1v) is 13.0. The molecule has 0 spiro atoms. The molecule has 0 aliphatic carbocycles. The third-order valence-corrected chi connectivity index (χ3v) is 6.88. The van der Waals surface area contributed by atoms with Crippen LogP contribution >= 0.6 is 24.4 Å². The smallest absolute Gasteiger partial charge is 0.312 e. The van der Waals surface area contributed by atoms with Crippen molar-refractivity contribution in [1.29, 1.82) is 5.41 Å². The second-order valence-electron chi connectivity index (χ2n) is 8.32. The number of hydrogen-bond donors (Lipinski definition) is 5. The molecule has 2 aromatic carbocycles. The summed E-state index contributed by atoms with van der Waals surface area (Å²) in [6.07, 6.45) is 3.63. The van der Waals surface area contributed by atoms with Gasteiger partial charge in [-0.15, -0.1) is 0 Å². The number of thiol groups is 1. The van der Waals surface area contributed by atoms with Crippen LogP contribution in [0, 0.1) is 11.3 Å². The van der Waals surface area contributed by atoms with Crippen molar-refractivity contribution in [2.45, 2.75) is 30.6 Å². The van der Waals surface area contributed by atoms with Crippen molar-refractivity contribution in [2.24, 2.45) is 5.92 Å². The van der Waals surface area contributed by atoms with E-state index in [0.29, 0.717) is 35.6 Å². The van der Waals surface area contributed by atoms with E-state index in [1.54, 1.807) is 6.07 Å². The first-order valence-electron chi connectivity index (χ1n) is 11.1. The second kappa shape index (κ2) is 12.3. The number of carbonyl (C=O) groups excluding carboxylic acids is 1. The number of anilines is 1. The summed E-state index contributed by atoms with van der Waals surface area (Å²) in [6, 6.07) is 15.7.